The van der Waals surface area contributed by atoms with Crippen LogP contribution in [0.5, 0.6) is 0 Å². The fourth-order valence-electron chi connectivity index (χ4n) is 1.21. The van der Waals surface area contributed by atoms with Crippen molar-refractivity contribution in [2.24, 2.45) is 5.92 Å². The number of hydrogen-bond donors (Lipinski definition) is 2. The first-order valence-corrected chi connectivity index (χ1v) is 6.15. The fourth-order valence-corrected chi connectivity index (χ4v) is 1.34. The molecule has 0 fully saturated rings. The maximum atomic E-state index is 11.5. The second-order valence-corrected chi connectivity index (χ2v) is 4.92. The van der Waals surface area contributed by atoms with Gasteiger partial charge < -0.3 is 10.6 Å². The van der Waals surface area contributed by atoms with Crippen molar-refractivity contribution in [2.45, 2.75) is 33.4 Å². The minimum atomic E-state index is -0.138. The molecule has 2 N–H and O–H groups in total. The lowest BCUT2D eigenvalue weighted by atomic mass is 10.1. The van der Waals surface area contributed by atoms with Gasteiger partial charge in [-0.1, -0.05) is 37.6 Å². The average Bonchev–Trinajstić information content (AvgIpc) is 2.28. The van der Waals surface area contributed by atoms with E-state index < -0.39 is 0 Å². The number of hydrogen-bond acceptors (Lipinski definition) is 1. The summed E-state index contributed by atoms with van der Waals surface area (Å²) < 4.78 is 0. The van der Waals surface area contributed by atoms with E-state index in [4.69, 9.17) is 11.6 Å². The quantitative estimate of drug-likeness (QED) is 0.851. The number of rotatable bonds is 4. The second kappa shape index (κ2) is 6.50. The molecule has 94 valence electrons. The van der Waals surface area contributed by atoms with Gasteiger partial charge in [-0.3, -0.25) is 0 Å². The minimum absolute atomic E-state index is 0.138. The Morgan fingerprint density at radius 2 is 1.82 bits per heavy atom. The Bertz CT molecular complexity index is 362. The summed E-state index contributed by atoms with van der Waals surface area (Å²) in [4.78, 5) is 11.5. The molecule has 1 aromatic carbocycles. The van der Waals surface area contributed by atoms with E-state index in [-0.39, 0.29) is 12.1 Å². The van der Waals surface area contributed by atoms with E-state index in [1.54, 1.807) is 0 Å². The van der Waals surface area contributed by atoms with Gasteiger partial charge in [-0.15, -0.1) is 0 Å². The van der Waals surface area contributed by atoms with Gasteiger partial charge in [0.05, 0.1) is 0 Å². The van der Waals surface area contributed by atoms with Crippen LogP contribution >= 0.6 is 11.6 Å². The molecule has 0 radical (unpaired) electrons. The molecule has 2 amide bonds. The first-order chi connectivity index (χ1) is 7.99. The van der Waals surface area contributed by atoms with Gasteiger partial charge in [0.2, 0.25) is 0 Å². The zero-order valence-electron chi connectivity index (χ0n) is 10.5. The lowest BCUT2D eigenvalue weighted by molar-refractivity contribution is 0.234. The molecule has 0 aliphatic carbocycles. The highest BCUT2D eigenvalue weighted by Gasteiger charge is 2.09. The molecule has 3 nitrogen and oxygen atoms in total. The molecule has 1 rings (SSSR count). The van der Waals surface area contributed by atoms with Crippen LogP contribution in [-0.4, -0.2) is 12.1 Å². The van der Waals surface area contributed by atoms with Crippen LogP contribution in [0.1, 0.15) is 26.3 Å². The van der Waals surface area contributed by atoms with Gasteiger partial charge in [-0.05, 0) is 30.5 Å². The van der Waals surface area contributed by atoms with Crippen LogP contribution < -0.4 is 10.6 Å². The molecule has 0 bridgehead atoms. The maximum Gasteiger partial charge on any atom is 0.315 e. The smallest absolute Gasteiger partial charge is 0.315 e. The van der Waals surface area contributed by atoms with Crippen LogP contribution in [0.25, 0.3) is 0 Å². The van der Waals surface area contributed by atoms with Crippen molar-refractivity contribution in [1.82, 2.24) is 10.6 Å². The Hall–Kier alpha value is -1.22. The van der Waals surface area contributed by atoms with Gasteiger partial charge >= 0.3 is 6.03 Å². The van der Waals surface area contributed by atoms with E-state index in [0.717, 1.165) is 5.56 Å². The average molecular weight is 255 g/mol. The molecular formula is C13H19ClN2O. The lowest BCUT2D eigenvalue weighted by Gasteiger charge is -2.17. The van der Waals surface area contributed by atoms with Crippen molar-refractivity contribution in [3.8, 4) is 0 Å². The summed E-state index contributed by atoms with van der Waals surface area (Å²) in [6, 6.07) is 7.45. The summed E-state index contributed by atoms with van der Waals surface area (Å²) in [5, 5.41) is 6.40. The minimum Gasteiger partial charge on any atom is -0.335 e. The predicted octanol–water partition coefficient (Wildman–Crippen LogP) is 3.18. The highest BCUT2D eigenvalue weighted by Crippen LogP contribution is 2.09. The molecule has 0 aliphatic rings. The van der Waals surface area contributed by atoms with Crippen molar-refractivity contribution < 1.29 is 4.79 Å². The van der Waals surface area contributed by atoms with E-state index in [0.29, 0.717) is 17.5 Å². The third-order valence-corrected chi connectivity index (χ3v) is 2.98. The second-order valence-electron chi connectivity index (χ2n) is 4.49. The monoisotopic (exact) mass is 254 g/mol. The van der Waals surface area contributed by atoms with Crippen molar-refractivity contribution in [3.05, 3.63) is 34.9 Å². The normalized spacial score (nSPS) is 12.3. The summed E-state index contributed by atoms with van der Waals surface area (Å²) in [7, 11) is 0. The van der Waals surface area contributed by atoms with Crippen molar-refractivity contribution >= 4 is 17.6 Å². The standard InChI is InChI=1S/C13H19ClN2O/c1-9(2)10(3)16-13(17)15-8-11-4-6-12(14)7-5-11/h4-7,9-10H,8H2,1-3H3,(H2,15,16,17). The number of carbonyl (C=O) groups excluding carboxylic acids is 1. The summed E-state index contributed by atoms with van der Waals surface area (Å²) >= 11 is 5.78. The van der Waals surface area contributed by atoms with Gasteiger partial charge in [-0.25, -0.2) is 4.79 Å². The number of urea groups is 1. The number of nitrogens with one attached hydrogen (secondary N) is 2. The van der Waals surface area contributed by atoms with Crippen LogP contribution in [0.15, 0.2) is 24.3 Å². The molecule has 0 spiro atoms. The van der Waals surface area contributed by atoms with E-state index >= 15 is 0 Å². The van der Waals surface area contributed by atoms with Gasteiger partial charge in [0.25, 0.3) is 0 Å². The largest absolute Gasteiger partial charge is 0.335 e. The summed E-state index contributed by atoms with van der Waals surface area (Å²) in [6.45, 7) is 6.65. The summed E-state index contributed by atoms with van der Waals surface area (Å²) in [5.41, 5.74) is 1.03. The van der Waals surface area contributed by atoms with E-state index in [1.807, 2.05) is 31.2 Å². The van der Waals surface area contributed by atoms with E-state index in [1.165, 1.54) is 0 Å². The molecule has 1 unspecified atom stereocenters. The van der Waals surface area contributed by atoms with Crippen LogP contribution in [0.3, 0.4) is 0 Å². The SMILES string of the molecule is CC(C)C(C)NC(=O)NCc1ccc(Cl)cc1. The molecule has 0 saturated carbocycles. The molecule has 0 heterocycles. The highest BCUT2D eigenvalue weighted by molar-refractivity contribution is 6.30. The van der Waals surface area contributed by atoms with Gasteiger partial charge in [-0.2, -0.15) is 0 Å². The van der Waals surface area contributed by atoms with Gasteiger partial charge in [0, 0.05) is 17.6 Å². The van der Waals surface area contributed by atoms with Crippen molar-refractivity contribution in [1.29, 1.82) is 0 Å². The number of carbonyl (C=O) groups is 1. The van der Waals surface area contributed by atoms with Gasteiger partial charge in [0.1, 0.15) is 0 Å². The molecule has 0 saturated heterocycles. The van der Waals surface area contributed by atoms with E-state index in [9.17, 15) is 4.79 Å². The molecule has 0 aliphatic heterocycles. The fraction of sp³-hybridized carbons (Fsp3) is 0.462. The number of benzene rings is 1. The third kappa shape index (κ3) is 5.09. The first kappa shape index (κ1) is 13.8. The molecule has 0 aromatic heterocycles. The van der Waals surface area contributed by atoms with Crippen LogP contribution in [0, 0.1) is 5.92 Å². The Kier molecular flexibility index (Phi) is 5.29. The summed E-state index contributed by atoms with van der Waals surface area (Å²) in [6.07, 6.45) is 0. The number of amides is 2. The Morgan fingerprint density at radius 3 is 2.35 bits per heavy atom. The first-order valence-electron chi connectivity index (χ1n) is 5.78. The van der Waals surface area contributed by atoms with Crippen LogP contribution in [0.4, 0.5) is 4.79 Å². The third-order valence-electron chi connectivity index (χ3n) is 2.73. The van der Waals surface area contributed by atoms with Crippen molar-refractivity contribution in [3.63, 3.8) is 0 Å². The molecule has 4 heteroatoms. The van der Waals surface area contributed by atoms with Crippen molar-refractivity contribution in [2.75, 3.05) is 0 Å². The zero-order chi connectivity index (χ0) is 12.8. The zero-order valence-corrected chi connectivity index (χ0v) is 11.2. The molecular weight excluding hydrogens is 236 g/mol. The van der Waals surface area contributed by atoms with Gasteiger partial charge in [0.15, 0.2) is 0 Å². The number of halogens is 1. The highest BCUT2D eigenvalue weighted by atomic mass is 35.5. The Labute approximate surface area is 108 Å². The molecule has 1 atom stereocenters. The van der Waals surface area contributed by atoms with Crippen LogP contribution in [0.2, 0.25) is 5.02 Å². The van der Waals surface area contributed by atoms with Crippen LogP contribution in [-0.2, 0) is 6.54 Å². The molecule has 17 heavy (non-hydrogen) atoms. The lowest BCUT2D eigenvalue weighted by Crippen LogP contribution is -2.42. The maximum absolute atomic E-state index is 11.5. The summed E-state index contributed by atoms with van der Waals surface area (Å²) in [5.74, 6) is 0.427. The predicted molar refractivity (Wildman–Crippen MR) is 71.1 cm³/mol. The molecule has 1 aromatic rings. The Morgan fingerprint density at radius 1 is 1.24 bits per heavy atom. The van der Waals surface area contributed by atoms with E-state index in [2.05, 4.69) is 24.5 Å². The Balaban J connectivity index is 2.35. The topological polar surface area (TPSA) is 41.1 Å².